The van der Waals surface area contributed by atoms with Crippen LogP contribution in [0.3, 0.4) is 0 Å². The SMILES string of the molecule is CC(C)c1cc(-c2ccccn2)c2c(c1)[CH]([Hf]([CH3])([CH3])(=[SiH2])[CH]1C=Cc3c(-c4ccccn4)cc(C(C)C)cc31)C=C2.Cl.Cl. The Balaban J connectivity index is 0.00000202. The topological polar surface area (TPSA) is 25.8 Å². The van der Waals surface area contributed by atoms with E-state index in [1.54, 1.807) is 0 Å². The smallest absolute Gasteiger partial charge is 0.147 e. The van der Waals surface area contributed by atoms with Crippen LogP contribution in [-0.2, 0) is 17.1 Å². The van der Waals surface area contributed by atoms with E-state index < -0.39 is 17.1 Å². The monoisotopic (exact) mass is 780 g/mol. The molecule has 0 radical (unpaired) electrons. The predicted molar refractivity (Wildman–Crippen MR) is 186 cm³/mol. The van der Waals surface area contributed by atoms with Crippen molar-refractivity contribution in [3.8, 4) is 22.5 Å². The summed E-state index contributed by atoms with van der Waals surface area (Å²) >= 11 is -3.69. The fourth-order valence-electron chi connectivity index (χ4n) is 6.86. The summed E-state index contributed by atoms with van der Waals surface area (Å²) in [6.07, 6.45) is 13.8. The third-order valence-corrected chi connectivity index (χ3v) is 34.8. The van der Waals surface area contributed by atoms with E-state index in [2.05, 4.69) is 117 Å². The van der Waals surface area contributed by atoms with Crippen molar-refractivity contribution in [2.75, 3.05) is 0 Å². The molecule has 6 rings (SSSR count). The minimum absolute atomic E-state index is 0. The molecule has 0 N–H and O–H groups in total. The maximum Gasteiger partial charge on any atom is -0.147 e. The van der Waals surface area contributed by atoms with Crippen molar-refractivity contribution >= 4 is 43.9 Å². The van der Waals surface area contributed by atoms with Gasteiger partial charge in [-0.15, -0.1) is 24.8 Å². The fraction of sp³-hybridized carbons (Fsp3) is 0.278. The van der Waals surface area contributed by atoms with Crippen LogP contribution in [0.5, 0.6) is 0 Å². The number of fused-ring (bicyclic) bond motifs is 2. The first kappa shape index (κ1) is 32.8. The van der Waals surface area contributed by atoms with Crippen LogP contribution in [0.15, 0.2) is 85.2 Å². The molecule has 42 heavy (non-hydrogen) atoms. The third-order valence-electron chi connectivity index (χ3n) is 9.31. The van der Waals surface area contributed by atoms with Crippen LogP contribution >= 0.6 is 24.8 Å². The van der Waals surface area contributed by atoms with Crippen LogP contribution in [0.1, 0.15) is 80.3 Å². The largest absolute Gasteiger partial charge is 0.147 e. The van der Waals surface area contributed by atoms with Crippen molar-refractivity contribution < 1.29 is 17.1 Å². The first-order valence-corrected chi connectivity index (χ1v) is 34.3. The molecule has 2 aliphatic rings. The van der Waals surface area contributed by atoms with E-state index in [-0.39, 0.29) is 24.8 Å². The van der Waals surface area contributed by atoms with E-state index >= 15 is 0 Å². The summed E-state index contributed by atoms with van der Waals surface area (Å²) in [7, 11) is 0. The molecule has 0 amide bonds. The quantitative estimate of drug-likeness (QED) is 0.182. The summed E-state index contributed by atoms with van der Waals surface area (Å²) < 4.78 is 6.37. The van der Waals surface area contributed by atoms with E-state index in [4.69, 9.17) is 9.97 Å². The van der Waals surface area contributed by atoms with Crippen LogP contribution in [0.4, 0.5) is 0 Å². The molecule has 0 saturated carbocycles. The maximum atomic E-state index is 4.77. The first-order chi connectivity index (χ1) is 19.0. The first-order valence-electron chi connectivity index (χ1n) is 14.7. The van der Waals surface area contributed by atoms with Gasteiger partial charge in [0.05, 0.1) is 0 Å². The minimum Gasteiger partial charge on any atom is -0.147 e. The van der Waals surface area contributed by atoms with Gasteiger partial charge in [-0.2, -0.15) is 0 Å². The molecule has 2 atom stereocenters. The summed E-state index contributed by atoms with van der Waals surface area (Å²) in [6, 6.07) is 22.3. The van der Waals surface area contributed by atoms with Crippen LogP contribution in [0.2, 0.25) is 9.36 Å². The molecular weight excluding hydrogens is 738 g/mol. The number of nitrogens with zero attached hydrogens (tertiary/aromatic N) is 2. The summed E-state index contributed by atoms with van der Waals surface area (Å²) in [4.78, 5) is 9.54. The molecule has 6 heteroatoms. The van der Waals surface area contributed by atoms with Gasteiger partial charge in [0.25, 0.3) is 0 Å². The van der Waals surface area contributed by atoms with E-state index in [0.717, 1.165) is 11.4 Å². The molecule has 2 heterocycles. The van der Waals surface area contributed by atoms with Gasteiger partial charge in [-0.3, -0.25) is 0 Å². The van der Waals surface area contributed by atoms with Crippen molar-refractivity contribution in [3.05, 3.63) is 119 Å². The van der Waals surface area contributed by atoms with E-state index in [1.807, 2.05) is 24.5 Å². The molecule has 0 bridgehead atoms. The van der Waals surface area contributed by atoms with Crippen molar-refractivity contribution in [2.45, 2.75) is 56.2 Å². The molecular formula is C36H42Cl2HfN2Si. The minimum atomic E-state index is -3.69. The van der Waals surface area contributed by atoms with Gasteiger partial charge in [0.15, 0.2) is 0 Å². The normalized spacial score (nSPS) is 17.2. The van der Waals surface area contributed by atoms with Gasteiger partial charge in [-0.05, 0) is 0 Å². The molecule has 0 fully saturated rings. The maximum absolute atomic E-state index is 4.77. The molecule has 2 aromatic carbocycles. The van der Waals surface area contributed by atoms with Crippen LogP contribution < -0.4 is 0 Å². The molecule has 4 aromatic rings. The van der Waals surface area contributed by atoms with Crippen LogP contribution in [0.25, 0.3) is 34.7 Å². The number of aromatic nitrogens is 2. The Morgan fingerprint density at radius 1 is 0.643 bits per heavy atom. The molecule has 0 saturated heterocycles. The number of benzene rings is 2. The molecule has 2 aromatic heterocycles. The van der Waals surface area contributed by atoms with Crippen LogP contribution in [-0.4, -0.2) is 16.9 Å². The van der Waals surface area contributed by atoms with Gasteiger partial charge < -0.3 is 0 Å². The number of rotatable bonds is 6. The number of allylic oxidation sites excluding steroid dienone is 2. The summed E-state index contributed by atoms with van der Waals surface area (Å²) in [5, 5.41) is 0. The van der Waals surface area contributed by atoms with Crippen molar-refractivity contribution in [3.63, 3.8) is 0 Å². The number of pyridine rings is 2. The summed E-state index contributed by atoms with van der Waals surface area (Å²) in [6.45, 7) is 11.6. The van der Waals surface area contributed by atoms with Gasteiger partial charge >= 0.3 is 244 Å². The predicted octanol–water partition coefficient (Wildman–Crippen LogP) is 10.1. The Morgan fingerprint density at radius 2 is 1.05 bits per heavy atom. The Morgan fingerprint density at radius 3 is 1.38 bits per heavy atom. The van der Waals surface area contributed by atoms with Crippen LogP contribution in [0, 0.1) is 0 Å². The van der Waals surface area contributed by atoms with Gasteiger partial charge in [0, 0.05) is 0 Å². The average Bonchev–Trinajstić information content (AvgIpc) is 3.59. The van der Waals surface area contributed by atoms with Crippen molar-refractivity contribution in [2.24, 2.45) is 0 Å². The number of halogens is 2. The van der Waals surface area contributed by atoms with E-state index in [1.165, 1.54) is 44.5 Å². The second kappa shape index (κ2) is 12.1. The zero-order chi connectivity index (χ0) is 28.3. The second-order valence-corrected chi connectivity index (χ2v) is 57.3. The van der Waals surface area contributed by atoms with E-state index in [0.29, 0.717) is 19.2 Å². The van der Waals surface area contributed by atoms with Crippen molar-refractivity contribution in [1.82, 2.24) is 9.97 Å². The molecule has 2 unspecified atom stereocenters. The number of hydrogen-bond donors (Lipinski definition) is 0. The molecule has 218 valence electrons. The van der Waals surface area contributed by atoms with Gasteiger partial charge in [0.2, 0.25) is 0 Å². The standard InChI is InChI=1S/2C17H16N.2CH3.2ClH.Hf.H2Si/c2*1-12(2)14-10-13-6-5-7-15(13)16(11-14)17-8-3-4-9-18-17;;;;;;/h2*3-12H,1-2H3;2*1H3;2*1H;;1H2. The summed E-state index contributed by atoms with van der Waals surface area (Å²) in [5.74, 6) is 0.927. The molecule has 2 nitrogen and oxygen atoms in total. The Kier molecular flexibility index (Phi) is 9.46. The number of hydrogen-bond acceptors (Lipinski definition) is 2. The van der Waals surface area contributed by atoms with Gasteiger partial charge in [-0.25, -0.2) is 0 Å². The summed E-state index contributed by atoms with van der Waals surface area (Å²) in [5.41, 5.74) is 13.3. The fourth-order valence-corrected chi connectivity index (χ4v) is 28.4. The van der Waals surface area contributed by atoms with Gasteiger partial charge in [0.1, 0.15) is 0 Å². The van der Waals surface area contributed by atoms with E-state index in [9.17, 15) is 0 Å². The average molecular weight is 780 g/mol. The Bertz CT molecular complexity index is 1610. The van der Waals surface area contributed by atoms with Gasteiger partial charge in [-0.1, -0.05) is 0 Å². The third kappa shape index (κ3) is 5.61. The second-order valence-electron chi connectivity index (χ2n) is 13.5. The Hall–Kier alpha value is -2.11. The van der Waals surface area contributed by atoms with Crippen molar-refractivity contribution in [1.29, 1.82) is 0 Å². The molecule has 0 aliphatic heterocycles. The molecule has 0 spiro atoms. The zero-order valence-corrected chi connectivity index (χ0v) is 32.1. The molecule has 2 aliphatic carbocycles. The zero-order valence-electron chi connectivity index (χ0n) is 25.5. The Labute approximate surface area is 266 Å².